The topological polar surface area (TPSA) is 38.7 Å². The maximum Gasteiger partial charge on any atom is 0.126 e. The monoisotopic (exact) mass is 314 g/mol. The molecule has 22 heavy (non-hydrogen) atoms. The highest BCUT2D eigenvalue weighted by Gasteiger charge is 2.33. The molecule has 0 spiro atoms. The quantitative estimate of drug-likeness (QED) is 0.765. The SMILES string of the molecule is CC(C)[C@H]1CC[C@H](C)C[C@H]1OC[C@H](O)C[N+]1(C)CCOCC1. The van der Waals surface area contributed by atoms with Gasteiger partial charge in [0.15, 0.2) is 0 Å². The molecule has 2 fully saturated rings. The fraction of sp³-hybridized carbons (Fsp3) is 1.00. The number of morpholine rings is 1. The first-order valence-electron chi connectivity index (χ1n) is 9.10. The number of aliphatic hydroxyl groups excluding tert-OH is 1. The van der Waals surface area contributed by atoms with E-state index in [9.17, 15) is 5.11 Å². The Bertz CT molecular complexity index is 328. The molecule has 0 amide bonds. The van der Waals surface area contributed by atoms with Crippen molar-refractivity contribution in [2.24, 2.45) is 17.8 Å². The summed E-state index contributed by atoms with van der Waals surface area (Å²) in [4.78, 5) is 0. The Morgan fingerprint density at radius 3 is 2.55 bits per heavy atom. The number of hydrogen-bond donors (Lipinski definition) is 1. The Morgan fingerprint density at radius 1 is 1.23 bits per heavy atom. The molecule has 0 aromatic heterocycles. The Balaban J connectivity index is 1.79. The maximum absolute atomic E-state index is 10.4. The number of quaternary nitrogens is 1. The van der Waals surface area contributed by atoms with E-state index < -0.39 is 0 Å². The van der Waals surface area contributed by atoms with Gasteiger partial charge in [0.2, 0.25) is 0 Å². The van der Waals surface area contributed by atoms with Gasteiger partial charge in [-0.15, -0.1) is 0 Å². The third-order valence-electron chi connectivity index (χ3n) is 5.67. The Labute approximate surface area is 136 Å². The first-order chi connectivity index (χ1) is 10.4. The van der Waals surface area contributed by atoms with Crippen molar-refractivity contribution in [2.75, 3.05) is 46.5 Å². The molecular formula is C18H36NO3+. The van der Waals surface area contributed by atoms with Crippen LogP contribution in [0.15, 0.2) is 0 Å². The van der Waals surface area contributed by atoms with Crippen molar-refractivity contribution in [2.45, 2.75) is 52.2 Å². The van der Waals surface area contributed by atoms with E-state index in [1.807, 2.05) is 0 Å². The normalized spacial score (nSPS) is 33.8. The van der Waals surface area contributed by atoms with E-state index in [0.717, 1.165) is 49.7 Å². The van der Waals surface area contributed by atoms with E-state index >= 15 is 0 Å². The van der Waals surface area contributed by atoms with Gasteiger partial charge < -0.3 is 19.1 Å². The lowest BCUT2D eigenvalue weighted by atomic mass is 9.75. The number of aliphatic hydroxyl groups is 1. The zero-order valence-corrected chi connectivity index (χ0v) is 15.0. The van der Waals surface area contributed by atoms with Crippen molar-refractivity contribution in [1.82, 2.24) is 0 Å². The fourth-order valence-electron chi connectivity index (χ4n) is 4.07. The molecule has 4 nitrogen and oxygen atoms in total. The fourth-order valence-corrected chi connectivity index (χ4v) is 4.07. The minimum Gasteiger partial charge on any atom is -0.385 e. The highest BCUT2D eigenvalue weighted by Crippen LogP contribution is 2.35. The number of nitrogens with zero attached hydrogens (tertiary/aromatic N) is 1. The molecule has 2 aliphatic rings. The largest absolute Gasteiger partial charge is 0.385 e. The summed E-state index contributed by atoms with van der Waals surface area (Å²) in [5, 5.41) is 10.4. The maximum atomic E-state index is 10.4. The number of hydrogen-bond acceptors (Lipinski definition) is 3. The second-order valence-electron chi connectivity index (χ2n) is 8.21. The summed E-state index contributed by atoms with van der Waals surface area (Å²) in [6.45, 7) is 11.8. The zero-order chi connectivity index (χ0) is 16.2. The summed E-state index contributed by atoms with van der Waals surface area (Å²) < 4.78 is 12.5. The van der Waals surface area contributed by atoms with E-state index in [-0.39, 0.29) is 6.10 Å². The van der Waals surface area contributed by atoms with Gasteiger partial charge in [-0.25, -0.2) is 0 Å². The molecule has 1 saturated carbocycles. The summed E-state index contributed by atoms with van der Waals surface area (Å²) in [6.07, 6.45) is 3.70. The lowest BCUT2D eigenvalue weighted by Gasteiger charge is -2.40. The van der Waals surface area contributed by atoms with Gasteiger partial charge in [-0.05, 0) is 30.6 Å². The summed E-state index contributed by atoms with van der Waals surface area (Å²) in [5.74, 6) is 2.07. The molecule has 4 atom stereocenters. The van der Waals surface area contributed by atoms with Crippen molar-refractivity contribution >= 4 is 0 Å². The van der Waals surface area contributed by atoms with Gasteiger partial charge in [0.25, 0.3) is 0 Å². The minimum atomic E-state index is -0.367. The summed E-state index contributed by atoms with van der Waals surface area (Å²) >= 11 is 0. The highest BCUT2D eigenvalue weighted by molar-refractivity contribution is 4.81. The average Bonchev–Trinajstić information content (AvgIpc) is 2.45. The van der Waals surface area contributed by atoms with Crippen LogP contribution in [0.4, 0.5) is 0 Å². The molecule has 130 valence electrons. The van der Waals surface area contributed by atoms with Crippen LogP contribution >= 0.6 is 0 Å². The molecule has 1 saturated heterocycles. The van der Waals surface area contributed by atoms with E-state index in [1.54, 1.807) is 0 Å². The summed E-state index contributed by atoms with van der Waals surface area (Å²) in [7, 11) is 2.21. The summed E-state index contributed by atoms with van der Waals surface area (Å²) in [6, 6.07) is 0. The van der Waals surface area contributed by atoms with Gasteiger partial charge in [-0.2, -0.15) is 0 Å². The van der Waals surface area contributed by atoms with Crippen molar-refractivity contribution < 1.29 is 19.1 Å². The Kier molecular flexibility index (Phi) is 6.69. The van der Waals surface area contributed by atoms with Gasteiger partial charge in [0.1, 0.15) is 25.7 Å². The van der Waals surface area contributed by atoms with Gasteiger partial charge in [-0.3, -0.25) is 0 Å². The molecule has 1 aliphatic heterocycles. The van der Waals surface area contributed by atoms with Crippen LogP contribution in [0.1, 0.15) is 40.0 Å². The van der Waals surface area contributed by atoms with Crippen LogP contribution in [0.3, 0.4) is 0 Å². The molecule has 1 N–H and O–H groups in total. The predicted octanol–water partition coefficient (Wildman–Crippen LogP) is 2.30. The van der Waals surface area contributed by atoms with Crippen molar-refractivity contribution in [3.8, 4) is 0 Å². The van der Waals surface area contributed by atoms with Crippen molar-refractivity contribution in [1.29, 1.82) is 0 Å². The first kappa shape index (κ1) is 18.2. The number of rotatable bonds is 6. The van der Waals surface area contributed by atoms with Crippen molar-refractivity contribution in [3.05, 3.63) is 0 Å². The van der Waals surface area contributed by atoms with Gasteiger partial charge in [0.05, 0.1) is 33.0 Å². The summed E-state index contributed by atoms with van der Waals surface area (Å²) in [5.41, 5.74) is 0. The van der Waals surface area contributed by atoms with Crippen LogP contribution in [0, 0.1) is 17.8 Å². The van der Waals surface area contributed by atoms with Crippen LogP contribution < -0.4 is 0 Å². The smallest absolute Gasteiger partial charge is 0.126 e. The Morgan fingerprint density at radius 2 is 1.91 bits per heavy atom. The second-order valence-corrected chi connectivity index (χ2v) is 8.21. The predicted molar refractivity (Wildman–Crippen MR) is 88.7 cm³/mol. The molecule has 1 aliphatic carbocycles. The molecule has 0 bridgehead atoms. The van der Waals surface area contributed by atoms with E-state index in [1.165, 1.54) is 12.8 Å². The van der Waals surface area contributed by atoms with E-state index in [4.69, 9.17) is 9.47 Å². The third-order valence-corrected chi connectivity index (χ3v) is 5.67. The van der Waals surface area contributed by atoms with Gasteiger partial charge in [0, 0.05) is 0 Å². The van der Waals surface area contributed by atoms with Gasteiger partial charge >= 0.3 is 0 Å². The average molecular weight is 314 g/mol. The number of ether oxygens (including phenoxy) is 2. The molecule has 0 aromatic carbocycles. The van der Waals surface area contributed by atoms with Crippen molar-refractivity contribution in [3.63, 3.8) is 0 Å². The Hall–Kier alpha value is -0.160. The number of likely N-dealkylation sites (N-methyl/N-ethyl adjacent to an activating group) is 1. The highest BCUT2D eigenvalue weighted by atomic mass is 16.5. The van der Waals surface area contributed by atoms with Crippen LogP contribution in [0.2, 0.25) is 0 Å². The molecular weight excluding hydrogens is 278 g/mol. The lowest BCUT2D eigenvalue weighted by Crippen LogP contribution is -2.56. The van der Waals surface area contributed by atoms with E-state index in [2.05, 4.69) is 27.8 Å². The second kappa shape index (κ2) is 8.09. The lowest BCUT2D eigenvalue weighted by molar-refractivity contribution is -0.919. The molecule has 0 radical (unpaired) electrons. The third kappa shape index (κ3) is 5.19. The molecule has 0 unspecified atom stereocenters. The van der Waals surface area contributed by atoms with Crippen LogP contribution in [-0.4, -0.2) is 68.3 Å². The molecule has 4 heteroatoms. The molecule has 0 aromatic rings. The molecule has 1 heterocycles. The van der Waals surface area contributed by atoms with Crippen LogP contribution in [0.25, 0.3) is 0 Å². The van der Waals surface area contributed by atoms with Gasteiger partial charge in [-0.1, -0.05) is 27.2 Å². The standard InChI is InChI=1S/C18H36NO3/c1-14(2)17-6-5-15(3)11-18(17)22-13-16(20)12-19(4)7-9-21-10-8-19/h14-18,20H,5-13H2,1-4H3/q+1/t15-,16+,17+,18+/m0/s1. The molecule has 2 rings (SSSR count). The minimum absolute atomic E-state index is 0.327. The van der Waals surface area contributed by atoms with Crippen LogP contribution in [0.5, 0.6) is 0 Å². The first-order valence-corrected chi connectivity index (χ1v) is 9.10. The van der Waals surface area contributed by atoms with E-state index in [0.29, 0.717) is 24.5 Å². The zero-order valence-electron chi connectivity index (χ0n) is 15.0. The van der Waals surface area contributed by atoms with Crippen LogP contribution in [-0.2, 0) is 9.47 Å².